The summed E-state index contributed by atoms with van der Waals surface area (Å²) in [5.41, 5.74) is 4.32. The minimum absolute atomic E-state index is 0.00296. The van der Waals surface area contributed by atoms with Gasteiger partial charge in [0, 0.05) is 30.4 Å². The molecule has 2 atom stereocenters. The molecule has 1 aromatic rings. The maximum absolute atomic E-state index is 11.5. The third-order valence-corrected chi connectivity index (χ3v) is 3.32. The smallest absolute Gasteiger partial charge is 0.337 e. The number of rotatable bonds is 8. The number of aromatic nitrogens is 1. The zero-order valence-electron chi connectivity index (χ0n) is 13.6. The van der Waals surface area contributed by atoms with Crippen LogP contribution >= 0.6 is 0 Å². The highest BCUT2D eigenvalue weighted by atomic mass is 16.5. The average Bonchev–Trinajstić information content (AvgIpc) is 2.36. The molecule has 6 heteroatoms. The van der Waals surface area contributed by atoms with Gasteiger partial charge in [-0.3, -0.25) is 4.98 Å². The lowest BCUT2D eigenvalue weighted by molar-refractivity contribution is -0.161. The SMILES string of the molecule is CC(C)C[C@H](N)[C@](O)(Cc1cc(OC(C)C)ccn1)C(=O)O. The number of nitrogens with two attached hydrogens (primary N) is 1. The van der Waals surface area contributed by atoms with Gasteiger partial charge < -0.3 is 20.7 Å². The van der Waals surface area contributed by atoms with Gasteiger partial charge in [-0.05, 0) is 32.3 Å². The molecule has 1 aromatic heterocycles. The summed E-state index contributed by atoms with van der Waals surface area (Å²) in [4.78, 5) is 15.6. The van der Waals surface area contributed by atoms with Gasteiger partial charge in [-0.1, -0.05) is 13.8 Å². The first-order valence-electron chi connectivity index (χ1n) is 7.48. The van der Waals surface area contributed by atoms with E-state index in [1.807, 2.05) is 27.7 Å². The van der Waals surface area contributed by atoms with Gasteiger partial charge in [-0.2, -0.15) is 0 Å². The highest BCUT2D eigenvalue weighted by Crippen LogP contribution is 2.23. The fraction of sp³-hybridized carbons (Fsp3) is 0.625. The van der Waals surface area contributed by atoms with E-state index in [9.17, 15) is 15.0 Å². The van der Waals surface area contributed by atoms with E-state index in [1.165, 1.54) is 6.20 Å². The molecule has 0 spiro atoms. The van der Waals surface area contributed by atoms with E-state index in [0.29, 0.717) is 17.9 Å². The monoisotopic (exact) mass is 310 g/mol. The predicted molar refractivity (Wildman–Crippen MR) is 83.7 cm³/mol. The van der Waals surface area contributed by atoms with Crippen LogP contribution in [0.4, 0.5) is 0 Å². The van der Waals surface area contributed by atoms with Crippen LogP contribution in [0.2, 0.25) is 0 Å². The van der Waals surface area contributed by atoms with Gasteiger partial charge in [-0.15, -0.1) is 0 Å². The van der Waals surface area contributed by atoms with Crippen LogP contribution in [0.5, 0.6) is 5.75 Å². The number of carbonyl (C=O) groups is 1. The molecule has 0 fully saturated rings. The average molecular weight is 310 g/mol. The summed E-state index contributed by atoms with van der Waals surface area (Å²) < 4.78 is 5.55. The van der Waals surface area contributed by atoms with Crippen LogP contribution in [0, 0.1) is 5.92 Å². The Labute approximate surface area is 131 Å². The molecule has 0 unspecified atom stereocenters. The van der Waals surface area contributed by atoms with Crippen LogP contribution in [0.25, 0.3) is 0 Å². The van der Waals surface area contributed by atoms with E-state index < -0.39 is 17.6 Å². The van der Waals surface area contributed by atoms with Gasteiger partial charge >= 0.3 is 5.97 Å². The number of ether oxygens (including phenoxy) is 1. The Kier molecular flexibility index (Phi) is 6.32. The van der Waals surface area contributed by atoms with E-state index in [2.05, 4.69) is 4.98 Å². The normalized spacial score (nSPS) is 15.6. The molecule has 0 aliphatic heterocycles. The number of hydrogen-bond acceptors (Lipinski definition) is 5. The number of aliphatic hydroxyl groups is 1. The zero-order valence-corrected chi connectivity index (χ0v) is 13.6. The van der Waals surface area contributed by atoms with Crippen molar-refractivity contribution in [1.29, 1.82) is 0 Å². The predicted octanol–water partition coefficient (Wildman–Crippen LogP) is 1.60. The summed E-state index contributed by atoms with van der Waals surface area (Å²) in [6.07, 6.45) is 1.77. The summed E-state index contributed by atoms with van der Waals surface area (Å²) >= 11 is 0. The Morgan fingerprint density at radius 3 is 2.55 bits per heavy atom. The maximum atomic E-state index is 11.5. The van der Waals surface area contributed by atoms with Crippen LogP contribution in [0.15, 0.2) is 18.3 Å². The lowest BCUT2D eigenvalue weighted by Crippen LogP contribution is -2.56. The second kappa shape index (κ2) is 7.56. The second-order valence-corrected chi connectivity index (χ2v) is 6.29. The van der Waals surface area contributed by atoms with Gasteiger partial charge in [0.15, 0.2) is 5.60 Å². The Morgan fingerprint density at radius 2 is 2.05 bits per heavy atom. The minimum atomic E-state index is -2.05. The standard InChI is InChI=1S/C16H26N2O4/c1-10(2)7-14(17)16(21,15(19)20)9-12-8-13(5-6-18-12)22-11(3)4/h5-6,8,10-11,14,21H,7,9,17H2,1-4H3,(H,19,20)/t14-,16+/m0/s1. The quantitative estimate of drug-likeness (QED) is 0.673. The van der Waals surface area contributed by atoms with Crippen LogP contribution in [0.1, 0.15) is 39.8 Å². The number of nitrogens with zero attached hydrogens (tertiary/aromatic N) is 1. The molecule has 0 aromatic carbocycles. The van der Waals surface area contributed by atoms with E-state index in [0.717, 1.165) is 0 Å². The number of carboxylic acid groups (broad SMARTS) is 1. The van der Waals surface area contributed by atoms with Gasteiger partial charge in [0.25, 0.3) is 0 Å². The summed E-state index contributed by atoms with van der Waals surface area (Å²) in [7, 11) is 0. The molecule has 0 amide bonds. The zero-order chi connectivity index (χ0) is 16.9. The highest BCUT2D eigenvalue weighted by Gasteiger charge is 2.43. The first kappa shape index (κ1) is 18.4. The fourth-order valence-corrected chi connectivity index (χ4v) is 2.24. The molecule has 6 nitrogen and oxygen atoms in total. The molecule has 0 aliphatic rings. The molecule has 0 radical (unpaired) electrons. The van der Waals surface area contributed by atoms with E-state index in [1.54, 1.807) is 12.1 Å². The molecule has 0 saturated carbocycles. The van der Waals surface area contributed by atoms with Crippen LogP contribution in [0.3, 0.4) is 0 Å². The van der Waals surface area contributed by atoms with E-state index in [-0.39, 0.29) is 18.4 Å². The third-order valence-electron chi connectivity index (χ3n) is 3.32. The van der Waals surface area contributed by atoms with Crippen molar-refractivity contribution in [3.05, 3.63) is 24.0 Å². The molecule has 0 aliphatic carbocycles. The van der Waals surface area contributed by atoms with Gasteiger partial charge in [0.2, 0.25) is 0 Å². The summed E-state index contributed by atoms with van der Waals surface area (Å²) in [5, 5.41) is 19.9. The number of pyridine rings is 1. The Morgan fingerprint density at radius 1 is 1.41 bits per heavy atom. The maximum Gasteiger partial charge on any atom is 0.337 e. The van der Waals surface area contributed by atoms with Gasteiger partial charge in [0.05, 0.1) is 6.10 Å². The molecule has 1 rings (SSSR count). The second-order valence-electron chi connectivity index (χ2n) is 6.29. The summed E-state index contributed by atoms with van der Waals surface area (Å²) in [6.45, 7) is 7.65. The van der Waals surface area contributed by atoms with Crippen molar-refractivity contribution < 1.29 is 19.7 Å². The Bertz CT molecular complexity index is 505. The van der Waals surface area contributed by atoms with Gasteiger partial charge in [0.1, 0.15) is 5.75 Å². The van der Waals surface area contributed by atoms with Crippen molar-refractivity contribution >= 4 is 5.97 Å². The molecule has 124 valence electrons. The molecular weight excluding hydrogens is 284 g/mol. The van der Waals surface area contributed by atoms with Crippen molar-refractivity contribution in [3.63, 3.8) is 0 Å². The number of aliphatic carboxylic acids is 1. The van der Waals surface area contributed by atoms with E-state index >= 15 is 0 Å². The van der Waals surface area contributed by atoms with Crippen molar-refractivity contribution in [2.75, 3.05) is 0 Å². The Hall–Kier alpha value is -1.66. The topological polar surface area (TPSA) is 106 Å². The third kappa shape index (κ3) is 4.96. The summed E-state index contributed by atoms with van der Waals surface area (Å²) in [5.74, 6) is -0.563. The molecular formula is C16H26N2O4. The van der Waals surface area contributed by atoms with Crippen molar-refractivity contribution in [3.8, 4) is 5.75 Å². The largest absolute Gasteiger partial charge is 0.491 e. The van der Waals surface area contributed by atoms with E-state index in [4.69, 9.17) is 10.5 Å². The molecule has 4 N–H and O–H groups in total. The lowest BCUT2D eigenvalue weighted by atomic mass is 9.84. The lowest BCUT2D eigenvalue weighted by Gasteiger charge is -2.30. The molecule has 22 heavy (non-hydrogen) atoms. The highest BCUT2D eigenvalue weighted by molar-refractivity contribution is 5.78. The summed E-state index contributed by atoms with van der Waals surface area (Å²) in [6, 6.07) is 2.45. The number of hydrogen-bond donors (Lipinski definition) is 3. The first-order valence-corrected chi connectivity index (χ1v) is 7.48. The fourth-order valence-electron chi connectivity index (χ4n) is 2.24. The Balaban J connectivity index is 2.98. The first-order chi connectivity index (χ1) is 10.1. The molecule has 0 saturated heterocycles. The van der Waals surface area contributed by atoms with Crippen LogP contribution in [-0.2, 0) is 11.2 Å². The van der Waals surface area contributed by atoms with Crippen molar-refractivity contribution in [1.82, 2.24) is 4.98 Å². The minimum Gasteiger partial charge on any atom is -0.491 e. The molecule has 0 bridgehead atoms. The van der Waals surface area contributed by atoms with Crippen molar-refractivity contribution in [2.24, 2.45) is 11.7 Å². The molecule has 1 heterocycles. The van der Waals surface area contributed by atoms with Gasteiger partial charge in [-0.25, -0.2) is 4.79 Å². The van der Waals surface area contributed by atoms with Crippen LogP contribution < -0.4 is 10.5 Å². The number of carboxylic acids is 1. The van der Waals surface area contributed by atoms with Crippen molar-refractivity contribution in [2.45, 2.75) is 58.3 Å². The van der Waals surface area contributed by atoms with Crippen LogP contribution in [-0.4, -0.2) is 38.9 Å².